The van der Waals surface area contributed by atoms with E-state index in [-0.39, 0.29) is 69.9 Å². The Bertz CT molecular complexity index is 1060. The summed E-state index contributed by atoms with van der Waals surface area (Å²) in [6.07, 6.45) is -9.27. The van der Waals surface area contributed by atoms with Gasteiger partial charge in [-0.3, -0.25) is 15.1 Å². The fourth-order valence-electron chi connectivity index (χ4n) is 3.27. The number of halogens is 6. The summed E-state index contributed by atoms with van der Waals surface area (Å²) >= 11 is 0. The minimum Gasteiger partial charge on any atom is -0.548 e. The Hall–Kier alpha value is -1.77. The molecule has 0 aliphatic carbocycles. The maximum absolute atomic E-state index is 13.0. The first-order valence-corrected chi connectivity index (χ1v) is 11.5. The zero-order chi connectivity index (χ0) is 29.3. The Morgan fingerprint density at radius 2 is 1.30 bits per heavy atom. The van der Waals surface area contributed by atoms with Crippen LogP contribution in [0.15, 0.2) is 65.7 Å². The van der Waals surface area contributed by atoms with Gasteiger partial charge < -0.3 is 15.0 Å². The predicted octanol–water partition coefficient (Wildman–Crippen LogP) is 2.44. The summed E-state index contributed by atoms with van der Waals surface area (Å²) in [4.78, 5) is 25.2. The number of aliphatic carboxylic acids is 2. The van der Waals surface area contributed by atoms with E-state index in [0.29, 0.717) is 0 Å². The quantitative estimate of drug-likeness (QED) is 0.261. The van der Waals surface area contributed by atoms with Crippen molar-refractivity contribution in [3.05, 3.63) is 71.8 Å². The Morgan fingerprint density at radius 3 is 1.62 bits per heavy atom. The van der Waals surface area contributed by atoms with Gasteiger partial charge in [0.15, 0.2) is 0 Å². The molecule has 6 nitrogen and oxygen atoms in total. The van der Waals surface area contributed by atoms with Crippen molar-refractivity contribution in [1.29, 1.82) is 0 Å². The van der Waals surface area contributed by atoms with Gasteiger partial charge in [-0.25, -0.2) is 0 Å². The molecular weight excluding hydrogens is 569 g/mol. The second-order valence-corrected chi connectivity index (χ2v) is 8.96. The van der Waals surface area contributed by atoms with Crippen LogP contribution in [0.2, 0.25) is 0 Å². The van der Waals surface area contributed by atoms with E-state index in [9.17, 15) is 41.0 Å². The first-order chi connectivity index (χ1) is 17.5. The first kappa shape index (κ1) is 40.4. The second-order valence-electron chi connectivity index (χ2n) is 8.96. The Kier molecular flexibility index (Phi) is 18.1. The van der Waals surface area contributed by atoms with Crippen molar-refractivity contribution in [2.45, 2.75) is 65.6 Å². The molecule has 218 valence electrons. The monoisotopic (exact) mass is 602 g/mol. The van der Waals surface area contributed by atoms with Gasteiger partial charge in [-0.2, -0.15) is 26.3 Å². The molecule has 0 saturated carbocycles. The number of carboxylic acid groups (broad SMARTS) is 2. The largest absolute Gasteiger partial charge is 1.00 e. The maximum Gasteiger partial charge on any atom is 1.00 e. The zero-order valence-corrected chi connectivity index (χ0v) is 25.2. The molecule has 2 aromatic rings. The van der Waals surface area contributed by atoms with Crippen LogP contribution >= 0.6 is 0 Å². The molecular formula is C27H33F6KN2O4. The van der Waals surface area contributed by atoms with E-state index in [1.807, 2.05) is 0 Å². The molecule has 0 bridgehead atoms. The average Bonchev–Trinajstić information content (AvgIpc) is 2.78. The van der Waals surface area contributed by atoms with Gasteiger partial charge in [0.1, 0.15) is 17.8 Å². The van der Waals surface area contributed by atoms with E-state index in [1.165, 1.54) is 62.4 Å². The molecule has 0 saturated heterocycles. The summed E-state index contributed by atoms with van der Waals surface area (Å²) in [5, 5.41) is 22.0. The van der Waals surface area contributed by atoms with Crippen LogP contribution in [-0.2, 0) is 9.59 Å². The first-order valence-electron chi connectivity index (χ1n) is 11.5. The van der Waals surface area contributed by atoms with Crippen molar-refractivity contribution in [2.24, 2.45) is 16.8 Å². The molecule has 0 unspecified atom stereocenters. The van der Waals surface area contributed by atoms with E-state index in [4.69, 9.17) is 5.11 Å². The van der Waals surface area contributed by atoms with E-state index < -0.39 is 60.0 Å². The molecule has 13 heteroatoms. The van der Waals surface area contributed by atoms with Crippen LogP contribution in [0, 0.1) is 11.8 Å². The van der Waals surface area contributed by atoms with Crippen LogP contribution in [0.25, 0.3) is 0 Å². The normalized spacial score (nSPS) is 14.2. The standard InChI is InChI=1S/C13H16F3NO2.C13H14F3NO2.CH4.K/c2*1-8(2)10(12(18)19)17-11(13(14,15)16)9-6-4-3-5-7-9;;/h3-8,10-11,17H,1-2H3,(H,18,19);3-8,10H,1-2H3,(H,18,19);1H4;/q;;;+1/p-1/t10-,11-;10-;;/m00../s1. The number of carbonyl (C=O) groups is 2. The maximum atomic E-state index is 13.0. The Morgan fingerprint density at radius 1 is 0.850 bits per heavy atom. The van der Waals surface area contributed by atoms with Crippen molar-refractivity contribution < 1.29 is 97.5 Å². The summed E-state index contributed by atoms with van der Waals surface area (Å²) in [6, 6.07) is 9.35. The van der Waals surface area contributed by atoms with Gasteiger partial charge in [0.05, 0.1) is 12.0 Å². The van der Waals surface area contributed by atoms with Crippen LogP contribution in [0.4, 0.5) is 26.3 Å². The number of nitrogens with one attached hydrogen (secondary N) is 1. The van der Waals surface area contributed by atoms with Crippen LogP contribution in [0.1, 0.15) is 52.3 Å². The van der Waals surface area contributed by atoms with E-state index in [0.717, 1.165) is 0 Å². The average molecular weight is 603 g/mol. The van der Waals surface area contributed by atoms with E-state index in [2.05, 4.69) is 10.3 Å². The van der Waals surface area contributed by atoms with E-state index >= 15 is 0 Å². The molecule has 0 fully saturated rings. The topological polar surface area (TPSA) is 102 Å². The van der Waals surface area contributed by atoms with Crippen molar-refractivity contribution in [3.63, 3.8) is 0 Å². The summed E-state index contributed by atoms with van der Waals surface area (Å²) in [5.41, 5.74) is -1.36. The van der Waals surface area contributed by atoms with Gasteiger partial charge in [-0.05, 0) is 17.4 Å². The second kappa shape index (κ2) is 17.9. The van der Waals surface area contributed by atoms with Gasteiger partial charge in [0, 0.05) is 5.56 Å². The van der Waals surface area contributed by atoms with Gasteiger partial charge >= 0.3 is 69.7 Å². The molecule has 0 radical (unpaired) electrons. The minimum atomic E-state index is -4.72. The van der Waals surface area contributed by atoms with Gasteiger partial charge in [-0.1, -0.05) is 95.8 Å². The minimum absolute atomic E-state index is 0. The predicted molar refractivity (Wildman–Crippen MR) is 134 cm³/mol. The molecule has 2 rings (SSSR count). The molecule has 40 heavy (non-hydrogen) atoms. The van der Waals surface area contributed by atoms with Crippen LogP contribution in [0.5, 0.6) is 0 Å². The summed E-state index contributed by atoms with van der Waals surface area (Å²) in [6.45, 7) is 6.07. The molecule has 2 aromatic carbocycles. The molecule has 0 spiro atoms. The zero-order valence-electron chi connectivity index (χ0n) is 22.0. The Balaban J connectivity index is 0. The summed E-state index contributed by atoms with van der Waals surface area (Å²) < 4.78 is 78.0. The molecule has 3 atom stereocenters. The van der Waals surface area contributed by atoms with Gasteiger partial charge in [0.2, 0.25) is 0 Å². The number of carboxylic acids is 2. The molecule has 0 aliphatic rings. The van der Waals surface area contributed by atoms with Crippen molar-refractivity contribution in [3.8, 4) is 0 Å². The summed E-state index contributed by atoms with van der Waals surface area (Å²) in [5.74, 6) is -3.95. The number of hydrogen-bond donors (Lipinski definition) is 2. The van der Waals surface area contributed by atoms with Crippen molar-refractivity contribution in [1.82, 2.24) is 5.32 Å². The molecule has 0 amide bonds. The van der Waals surface area contributed by atoms with Crippen molar-refractivity contribution >= 4 is 17.7 Å². The third-order valence-electron chi connectivity index (χ3n) is 5.20. The van der Waals surface area contributed by atoms with Crippen molar-refractivity contribution in [2.75, 3.05) is 0 Å². The molecule has 0 aliphatic heterocycles. The number of nitrogens with zero attached hydrogens (tertiary/aromatic N) is 1. The van der Waals surface area contributed by atoms with Crippen LogP contribution in [0.3, 0.4) is 0 Å². The SMILES string of the molecule is C.CC(C)[C@H](N=C(c1ccccc1)C(F)(F)F)C(=O)[O-].CC(C)[C@H](N[C@@H](c1ccccc1)C(F)(F)F)C(=O)O.[K+]. The Labute approximate surface area is 272 Å². The molecule has 0 aromatic heterocycles. The third kappa shape index (κ3) is 13.3. The number of hydrogen-bond acceptors (Lipinski definition) is 5. The number of alkyl halides is 6. The van der Waals surface area contributed by atoms with Crippen LogP contribution < -0.4 is 61.8 Å². The number of rotatable bonds is 9. The smallest absolute Gasteiger partial charge is 0.548 e. The van der Waals surface area contributed by atoms with Gasteiger partial charge in [0.25, 0.3) is 0 Å². The third-order valence-corrected chi connectivity index (χ3v) is 5.20. The number of benzene rings is 2. The number of carbonyl (C=O) groups excluding carboxylic acids is 1. The molecule has 2 N–H and O–H groups in total. The van der Waals surface area contributed by atoms with Gasteiger partial charge in [-0.15, -0.1) is 0 Å². The van der Waals surface area contributed by atoms with Crippen LogP contribution in [-0.4, -0.2) is 47.2 Å². The van der Waals surface area contributed by atoms with E-state index in [1.54, 1.807) is 26.0 Å². The fourth-order valence-corrected chi connectivity index (χ4v) is 3.27. The number of aliphatic imine (C=N–C) groups is 1. The summed E-state index contributed by atoms with van der Waals surface area (Å²) in [7, 11) is 0. The molecule has 0 heterocycles. The fraction of sp³-hybridized carbons (Fsp3) is 0.444.